The van der Waals surface area contributed by atoms with Gasteiger partial charge in [0.05, 0.1) is 6.61 Å². The first-order valence-corrected chi connectivity index (χ1v) is 5.67. The molecule has 1 atom stereocenters. The summed E-state index contributed by atoms with van der Waals surface area (Å²) >= 11 is 11.8. The summed E-state index contributed by atoms with van der Waals surface area (Å²) in [5, 5.41) is 4.15. The maximum Gasteiger partial charge on any atom is 0.134 e. The van der Waals surface area contributed by atoms with Gasteiger partial charge in [-0.1, -0.05) is 23.2 Å². The second-order valence-corrected chi connectivity index (χ2v) is 4.23. The molecule has 16 heavy (non-hydrogen) atoms. The normalized spacial score (nSPS) is 12.5. The third-order valence-corrected chi connectivity index (χ3v) is 2.36. The van der Waals surface area contributed by atoms with Crippen molar-refractivity contribution in [2.24, 2.45) is 0 Å². The van der Waals surface area contributed by atoms with E-state index in [2.05, 4.69) is 5.32 Å². The highest BCUT2D eigenvalue weighted by atomic mass is 35.5. The van der Waals surface area contributed by atoms with Gasteiger partial charge in [0.2, 0.25) is 0 Å². The third kappa shape index (κ3) is 4.58. The van der Waals surface area contributed by atoms with E-state index >= 15 is 0 Å². The molecule has 0 bridgehead atoms. The molecule has 1 unspecified atom stereocenters. The molecule has 0 aliphatic heterocycles. The van der Waals surface area contributed by atoms with Gasteiger partial charge in [-0.25, -0.2) is 0 Å². The van der Waals surface area contributed by atoms with E-state index in [1.54, 1.807) is 25.3 Å². The van der Waals surface area contributed by atoms with E-state index in [1.165, 1.54) is 0 Å². The lowest BCUT2D eigenvalue weighted by molar-refractivity contribution is 0.0819. The fourth-order valence-corrected chi connectivity index (χ4v) is 1.84. The van der Waals surface area contributed by atoms with Crippen LogP contribution in [0.3, 0.4) is 0 Å². The number of nitrogens with one attached hydrogen (secondary N) is 1. The lowest BCUT2D eigenvalue weighted by Crippen LogP contribution is -2.33. The number of hydrogen-bond donors (Lipinski definition) is 1. The molecule has 0 amide bonds. The fourth-order valence-electron chi connectivity index (χ4n) is 1.34. The third-order valence-electron chi connectivity index (χ3n) is 1.92. The molecule has 0 fully saturated rings. The summed E-state index contributed by atoms with van der Waals surface area (Å²) in [5.74, 6) is 0.648. The minimum Gasteiger partial charge on any atom is -0.487 e. The highest BCUT2D eigenvalue weighted by molar-refractivity contribution is 6.34. The number of methoxy groups -OCH3 is 1. The van der Waals surface area contributed by atoms with Crippen molar-refractivity contribution in [2.75, 3.05) is 27.3 Å². The SMILES string of the molecule is CNCC(COC)Oc1cc(Cl)cc(Cl)c1. The van der Waals surface area contributed by atoms with Gasteiger partial charge in [0.15, 0.2) is 0 Å². The van der Waals surface area contributed by atoms with Crippen LogP contribution in [0.4, 0.5) is 0 Å². The van der Waals surface area contributed by atoms with Gasteiger partial charge in [-0.05, 0) is 25.2 Å². The Balaban J connectivity index is 2.68. The summed E-state index contributed by atoms with van der Waals surface area (Å²) in [6.45, 7) is 1.20. The van der Waals surface area contributed by atoms with Crippen molar-refractivity contribution in [1.82, 2.24) is 5.32 Å². The average molecular weight is 264 g/mol. The van der Waals surface area contributed by atoms with Crippen molar-refractivity contribution in [2.45, 2.75) is 6.10 Å². The van der Waals surface area contributed by atoms with E-state index in [0.29, 0.717) is 28.9 Å². The van der Waals surface area contributed by atoms with Crippen molar-refractivity contribution in [3.8, 4) is 5.75 Å². The van der Waals surface area contributed by atoms with Gasteiger partial charge >= 0.3 is 0 Å². The molecule has 0 spiro atoms. The summed E-state index contributed by atoms with van der Waals surface area (Å²) in [6, 6.07) is 5.12. The zero-order chi connectivity index (χ0) is 12.0. The fraction of sp³-hybridized carbons (Fsp3) is 0.455. The van der Waals surface area contributed by atoms with Gasteiger partial charge in [-0.3, -0.25) is 0 Å². The van der Waals surface area contributed by atoms with Gasteiger partial charge < -0.3 is 14.8 Å². The maximum absolute atomic E-state index is 5.88. The molecule has 0 aromatic heterocycles. The van der Waals surface area contributed by atoms with Gasteiger partial charge in [0, 0.05) is 23.7 Å². The van der Waals surface area contributed by atoms with E-state index in [4.69, 9.17) is 32.7 Å². The second-order valence-electron chi connectivity index (χ2n) is 3.36. The Morgan fingerprint density at radius 1 is 1.25 bits per heavy atom. The molecule has 0 saturated heterocycles. The van der Waals surface area contributed by atoms with E-state index in [-0.39, 0.29) is 6.10 Å². The van der Waals surface area contributed by atoms with Crippen LogP contribution in [-0.4, -0.2) is 33.4 Å². The Morgan fingerprint density at radius 3 is 2.38 bits per heavy atom. The molecule has 0 aliphatic rings. The van der Waals surface area contributed by atoms with Crippen LogP contribution in [-0.2, 0) is 4.74 Å². The zero-order valence-electron chi connectivity index (χ0n) is 9.30. The number of benzene rings is 1. The van der Waals surface area contributed by atoms with Crippen LogP contribution in [0.5, 0.6) is 5.75 Å². The monoisotopic (exact) mass is 263 g/mol. The number of hydrogen-bond acceptors (Lipinski definition) is 3. The molecule has 90 valence electrons. The second kappa shape index (κ2) is 6.97. The van der Waals surface area contributed by atoms with E-state index in [0.717, 1.165) is 0 Å². The minimum atomic E-state index is -0.0652. The Kier molecular flexibility index (Phi) is 5.91. The Morgan fingerprint density at radius 2 is 1.88 bits per heavy atom. The molecule has 0 heterocycles. The number of ether oxygens (including phenoxy) is 2. The predicted molar refractivity (Wildman–Crippen MR) is 66.7 cm³/mol. The van der Waals surface area contributed by atoms with Crippen molar-refractivity contribution >= 4 is 23.2 Å². The summed E-state index contributed by atoms with van der Waals surface area (Å²) < 4.78 is 10.8. The molecule has 0 aliphatic carbocycles. The van der Waals surface area contributed by atoms with E-state index < -0.39 is 0 Å². The highest BCUT2D eigenvalue weighted by Gasteiger charge is 2.10. The molecule has 1 rings (SSSR count). The smallest absolute Gasteiger partial charge is 0.134 e. The van der Waals surface area contributed by atoms with Crippen molar-refractivity contribution < 1.29 is 9.47 Å². The molecule has 0 radical (unpaired) electrons. The highest BCUT2D eigenvalue weighted by Crippen LogP contribution is 2.24. The van der Waals surface area contributed by atoms with Gasteiger partial charge in [-0.15, -0.1) is 0 Å². The van der Waals surface area contributed by atoms with Crippen LogP contribution in [0.25, 0.3) is 0 Å². The lowest BCUT2D eigenvalue weighted by atomic mass is 10.3. The molecule has 3 nitrogen and oxygen atoms in total. The molecular formula is C11H15Cl2NO2. The number of likely N-dealkylation sites (N-methyl/N-ethyl adjacent to an activating group) is 1. The predicted octanol–water partition coefficient (Wildman–Crippen LogP) is 2.61. The van der Waals surface area contributed by atoms with Crippen molar-refractivity contribution in [3.63, 3.8) is 0 Å². The van der Waals surface area contributed by atoms with Crippen LogP contribution >= 0.6 is 23.2 Å². The Bertz CT molecular complexity index is 308. The molecule has 5 heteroatoms. The summed E-state index contributed by atoms with van der Waals surface area (Å²) in [7, 11) is 3.49. The maximum atomic E-state index is 5.88. The first kappa shape index (κ1) is 13.6. The van der Waals surface area contributed by atoms with Crippen molar-refractivity contribution in [3.05, 3.63) is 28.2 Å². The average Bonchev–Trinajstić information content (AvgIpc) is 2.16. The summed E-state index contributed by atoms with van der Waals surface area (Å²) in [5.41, 5.74) is 0. The quantitative estimate of drug-likeness (QED) is 0.856. The number of rotatable bonds is 6. The Labute approximate surface area is 106 Å². The topological polar surface area (TPSA) is 30.5 Å². The van der Waals surface area contributed by atoms with E-state index in [1.807, 2.05) is 7.05 Å². The first-order chi connectivity index (χ1) is 7.65. The molecule has 1 aromatic carbocycles. The number of halogens is 2. The molecule has 1 N–H and O–H groups in total. The largest absolute Gasteiger partial charge is 0.487 e. The summed E-state index contributed by atoms with van der Waals surface area (Å²) in [4.78, 5) is 0. The molecule has 1 aromatic rings. The Hall–Kier alpha value is -0.480. The van der Waals surface area contributed by atoms with Crippen LogP contribution in [0.1, 0.15) is 0 Å². The first-order valence-electron chi connectivity index (χ1n) is 4.92. The van der Waals surface area contributed by atoms with Crippen LogP contribution in [0, 0.1) is 0 Å². The lowest BCUT2D eigenvalue weighted by Gasteiger charge is -2.18. The standard InChI is InChI=1S/C11H15Cl2NO2/c1-14-6-11(7-15-2)16-10-4-8(12)3-9(13)5-10/h3-5,11,14H,6-7H2,1-2H3. The van der Waals surface area contributed by atoms with E-state index in [9.17, 15) is 0 Å². The van der Waals surface area contributed by atoms with Crippen molar-refractivity contribution in [1.29, 1.82) is 0 Å². The van der Waals surface area contributed by atoms with Gasteiger partial charge in [0.1, 0.15) is 11.9 Å². The summed E-state index contributed by atoms with van der Waals surface area (Å²) in [6.07, 6.45) is -0.0652. The zero-order valence-corrected chi connectivity index (χ0v) is 10.8. The van der Waals surface area contributed by atoms with Crippen LogP contribution in [0.2, 0.25) is 10.0 Å². The van der Waals surface area contributed by atoms with Gasteiger partial charge in [-0.2, -0.15) is 0 Å². The van der Waals surface area contributed by atoms with Crippen LogP contribution < -0.4 is 10.1 Å². The van der Waals surface area contributed by atoms with Crippen LogP contribution in [0.15, 0.2) is 18.2 Å². The molecular weight excluding hydrogens is 249 g/mol. The minimum absolute atomic E-state index is 0.0652. The van der Waals surface area contributed by atoms with Gasteiger partial charge in [0.25, 0.3) is 0 Å². The molecule has 0 saturated carbocycles.